The number of hydrogen-bond acceptors (Lipinski definition) is 3. The predicted molar refractivity (Wildman–Crippen MR) is 64.7 cm³/mol. The summed E-state index contributed by atoms with van der Waals surface area (Å²) < 4.78 is 6.64. The lowest BCUT2D eigenvalue weighted by atomic mass is 10.2. The number of rotatable bonds is 3. The van der Waals surface area contributed by atoms with E-state index in [2.05, 4.69) is 5.10 Å². The fraction of sp³-hybridized carbons (Fsp3) is 0.273. The van der Waals surface area contributed by atoms with E-state index < -0.39 is 0 Å². The first-order chi connectivity index (χ1) is 7.99. The average molecular weight is 273 g/mol. The van der Waals surface area contributed by atoms with Gasteiger partial charge in [-0.25, -0.2) is 0 Å². The van der Waals surface area contributed by atoms with E-state index in [1.54, 1.807) is 24.7 Å². The minimum absolute atomic E-state index is 0.139. The summed E-state index contributed by atoms with van der Waals surface area (Å²) >= 11 is 11.7. The quantitative estimate of drug-likeness (QED) is 0.807. The Morgan fingerprint density at radius 2 is 2.18 bits per heavy atom. The molecule has 0 aromatic carbocycles. The number of carbonyl (C=O) groups excluding carboxylic acids is 1. The maximum Gasteiger partial charge on any atom is 0.204 e. The summed E-state index contributed by atoms with van der Waals surface area (Å²) in [7, 11) is 1.75. The van der Waals surface area contributed by atoms with Crippen molar-refractivity contribution < 1.29 is 9.21 Å². The molecular formula is C11H10Cl2N2O2. The van der Waals surface area contributed by atoms with Crippen LogP contribution in [-0.2, 0) is 13.5 Å². The molecule has 2 rings (SSSR count). The highest BCUT2D eigenvalue weighted by molar-refractivity contribution is 6.32. The number of carbonyl (C=O) groups is 1. The molecule has 6 heteroatoms. The molecule has 0 bridgehead atoms. The Hall–Kier alpha value is -1.26. The highest BCUT2D eigenvalue weighted by atomic mass is 35.5. The van der Waals surface area contributed by atoms with E-state index in [9.17, 15) is 4.79 Å². The summed E-state index contributed by atoms with van der Waals surface area (Å²) in [6.45, 7) is 1.79. The van der Waals surface area contributed by atoms with Crippen molar-refractivity contribution in [2.24, 2.45) is 7.05 Å². The second kappa shape index (κ2) is 4.55. The van der Waals surface area contributed by atoms with Crippen molar-refractivity contribution >= 4 is 29.0 Å². The molecule has 0 aliphatic carbocycles. The number of aromatic nitrogens is 2. The largest absolute Gasteiger partial charge is 0.442 e. The van der Waals surface area contributed by atoms with Gasteiger partial charge in [-0.2, -0.15) is 5.10 Å². The first kappa shape index (κ1) is 12.2. The Balaban J connectivity index is 2.24. The average Bonchev–Trinajstić information content (AvgIpc) is 2.79. The van der Waals surface area contributed by atoms with Crippen molar-refractivity contribution in [1.29, 1.82) is 0 Å². The van der Waals surface area contributed by atoms with E-state index in [1.165, 1.54) is 6.07 Å². The smallest absolute Gasteiger partial charge is 0.204 e. The molecule has 4 nitrogen and oxygen atoms in total. The highest BCUT2D eigenvalue weighted by Gasteiger charge is 2.18. The molecule has 0 fully saturated rings. The summed E-state index contributed by atoms with van der Waals surface area (Å²) in [4.78, 5) is 11.9. The van der Waals surface area contributed by atoms with E-state index in [1.807, 2.05) is 0 Å². The van der Waals surface area contributed by atoms with Crippen LogP contribution in [0.25, 0.3) is 0 Å². The number of hydrogen-bond donors (Lipinski definition) is 0. The molecule has 0 saturated heterocycles. The Labute approximate surface area is 108 Å². The first-order valence-corrected chi connectivity index (χ1v) is 5.71. The van der Waals surface area contributed by atoms with Gasteiger partial charge in [-0.15, -0.1) is 0 Å². The number of halogens is 2. The van der Waals surface area contributed by atoms with Crippen LogP contribution >= 0.6 is 23.2 Å². The standard InChI is InChI=1S/C11H10Cl2N2O2/c1-6-11(13)7(15(2)14-6)5-8(16)9-3-4-10(12)17-9/h3-4H,5H2,1-2H3. The maximum absolute atomic E-state index is 11.9. The van der Waals surface area contributed by atoms with Crippen molar-refractivity contribution in [2.45, 2.75) is 13.3 Å². The number of nitrogens with zero attached hydrogens (tertiary/aromatic N) is 2. The van der Waals surface area contributed by atoms with Crippen LogP contribution in [0.5, 0.6) is 0 Å². The molecule has 0 unspecified atom stereocenters. The molecule has 2 heterocycles. The molecule has 0 atom stereocenters. The Morgan fingerprint density at radius 3 is 2.65 bits per heavy atom. The second-order valence-electron chi connectivity index (χ2n) is 3.67. The zero-order chi connectivity index (χ0) is 12.6. The third-order valence-corrected chi connectivity index (χ3v) is 3.13. The van der Waals surface area contributed by atoms with Crippen molar-refractivity contribution in [3.63, 3.8) is 0 Å². The van der Waals surface area contributed by atoms with E-state index in [0.29, 0.717) is 16.4 Å². The van der Waals surface area contributed by atoms with Gasteiger partial charge >= 0.3 is 0 Å². The number of ketones is 1. The molecular weight excluding hydrogens is 263 g/mol. The van der Waals surface area contributed by atoms with Gasteiger partial charge in [-0.3, -0.25) is 9.48 Å². The molecule has 0 spiro atoms. The molecule has 17 heavy (non-hydrogen) atoms. The van der Waals surface area contributed by atoms with E-state index >= 15 is 0 Å². The Morgan fingerprint density at radius 1 is 1.47 bits per heavy atom. The normalized spacial score (nSPS) is 10.8. The fourth-order valence-corrected chi connectivity index (χ4v) is 1.95. The fourth-order valence-electron chi connectivity index (χ4n) is 1.58. The van der Waals surface area contributed by atoms with E-state index in [-0.39, 0.29) is 23.2 Å². The SMILES string of the molecule is Cc1nn(C)c(CC(=O)c2ccc(Cl)o2)c1Cl. The van der Waals surface area contributed by atoms with Crippen LogP contribution in [0.4, 0.5) is 0 Å². The topological polar surface area (TPSA) is 48.0 Å². The van der Waals surface area contributed by atoms with Gasteiger partial charge in [0.2, 0.25) is 5.78 Å². The molecule has 0 amide bonds. The molecule has 2 aromatic rings. The van der Waals surface area contributed by atoms with Crippen LogP contribution in [0.2, 0.25) is 10.2 Å². The molecule has 0 radical (unpaired) electrons. The zero-order valence-electron chi connectivity index (χ0n) is 9.33. The molecule has 0 N–H and O–H groups in total. The summed E-state index contributed by atoms with van der Waals surface area (Å²) in [5.74, 6) is 0.0479. The van der Waals surface area contributed by atoms with E-state index in [4.69, 9.17) is 27.6 Å². The van der Waals surface area contributed by atoms with Crippen molar-refractivity contribution in [3.05, 3.63) is 39.5 Å². The van der Waals surface area contributed by atoms with Crippen LogP contribution in [-0.4, -0.2) is 15.6 Å². The molecule has 0 aliphatic rings. The van der Waals surface area contributed by atoms with Crippen LogP contribution < -0.4 is 0 Å². The highest BCUT2D eigenvalue weighted by Crippen LogP contribution is 2.22. The third-order valence-electron chi connectivity index (χ3n) is 2.44. The Bertz CT molecular complexity index is 572. The summed E-state index contributed by atoms with van der Waals surface area (Å²) in [5, 5.41) is 4.85. The molecule has 0 saturated carbocycles. The molecule has 0 aliphatic heterocycles. The minimum atomic E-state index is -0.179. The van der Waals surface area contributed by atoms with E-state index in [0.717, 1.165) is 0 Å². The monoisotopic (exact) mass is 272 g/mol. The van der Waals surface area contributed by atoms with Crippen molar-refractivity contribution in [1.82, 2.24) is 9.78 Å². The summed E-state index contributed by atoms with van der Waals surface area (Å²) in [6, 6.07) is 3.08. The van der Waals surface area contributed by atoms with Gasteiger partial charge in [0.05, 0.1) is 22.8 Å². The summed E-state index contributed by atoms with van der Waals surface area (Å²) in [5.41, 5.74) is 1.37. The minimum Gasteiger partial charge on any atom is -0.442 e. The van der Waals surface area contributed by atoms with Crippen LogP contribution in [0.3, 0.4) is 0 Å². The lowest BCUT2D eigenvalue weighted by Crippen LogP contribution is -2.07. The van der Waals surface area contributed by atoms with Gasteiger partial charge < -0.3 is 4.42 Å². The zero-order valence-corrected chi connectivity index (χ0v) is 10.8. The summed E-state index contributed by atoms with van der Waals surface area (Å²) in [6.07, 6.45) is 0.139. The maximum atomic E-state index is 11.9. The second-order valence-corrected chi connectivity index (χ2v) is 4.42. The van der Waals surface area contributed by atoms with Crippen LogP contribution in [0.15, 0.2) is 16.5 Å². The lowest BCUT2D eigenvalue weighted by molar-refractivity contribution is 0.0964. The lowest BCUT2D eigenvalue weighted by Gasteiger charge is -2.00. The number of furan rings is 1. The Kier molecular flexibility index (Phi) is 3.26. The van der Waals surface area contributed by atoms with Gasteiger partial charge in [-0.05, 0) is 30.7 Å². The van der Waals surface area contributed by atoms with Crippen LogP contribution in [0.1, 0.15) is 21.9 Å². The van der Waals surface area contributed by atoms with Crippen molar-refractivity contribution in [2.75, 3.05) is 0 Å². The number of Topliss-reactive ketones (excluding diaryl/α,β-unsaturated/α-hetero) is 1. The predicted octanol–water partition coefficient (Wildman–Crippen LogP) is 3.05. The molecule has 90 valence electrons. The first-order valence-electron chi connectivity index (χ1n) is 4.95. The third kappa shape index (κ3) is 2.37. The van der Waals surface area contributed by atoms with Gasteiger partial charge in [0.15, 0.2) is 11.0 Å². The van der Waals surface area contributed by atoms with Gasteiger partial charge in [0.25, 0.3) is 0 Å². The van der Waals surface area contributed by atoms with Gasteiger partial charge in [0, 0.05) is 7.05 Å². The molecule has 2 aromatic heterocycles. The van der Waals surface area contributed by atoms with Gasteiger partial charge in [-0.1, -0.05) is 11.6 Å². The van der Waals surface area contributed by atoms with Crippen LogP contribution in [0, 0.1) is 6.92 Å². The van der Waals surface area contributed by atoms with Gasteiger partial charge in [0.1, 0.15) is 0 Å². The van der Waals surface area contributed by atoms with Crippen molar-refractivity contribution in [3.8, 4) is 0 Å². The number of aryl methyl sites for hydroxylation is 2.